The molecule has 0 bridgehead atoms. The molecule has 2 aromatic carbocycles. The number of hydrogen-bond acceptors (Lipinski definition) is 2. The number of hydrogen-bond donors (Lipinski definition) is 2. The fourth-order valence-electron chi connectivity index (χ4n) is 3.89. The minimum Gasteiger partial charge on any atom is -0.505 e. The third-order valence-electron chi connectivity index (χ3n) is 5.26. The average Bonchev–Trinajstić information content (AvgIpc) is 2.83. The number of aliphatic hydroxyl groups is 1. The summed E-state index contributed by atoms with van der Waals surface area (Å²) >= 11 is 0. The van der Waals surface area contributed by atoms with E-state index in [0.717, 1.165) is 79.2 Å². The number of halogens is 2. The van der Waals surface area contributed by atoms with Gasteiger partial charge in [0, 0.05) is 6.61 Å². The van der Waals surface area contributed by atoms with Crippen molar-refractivity contribution in [2.45, 2.75) is 51.4 Å². The zero-order valence-electron chi connectivity index (χ0n) is 15.5. The number of unbranched alkanes of at least 4 members (excludes halogenated alkanes) is 3. The van der Waals surface area contributed by atoms with Crippen LogP contribution < -0.4 is 0 Å². The molecule has 27 heavy (non-hydrogen) atoms. The standard InChI is InChI=1S/C23H26F2O2/c24-18-11-9-16-6-5-8-19(17-10-12-22(25)23(27)14-17)20(21(16)15-18)7-3-1-2-4-13-26/h9-12,14-15,26-27H,1-8,13H2. The molecule has 2 N–H and O–H groups in total. The second-order valence-electron chi connectivity index (χ2n) is 7.17. The molecule has 0 atom stereocenters. The Morgan fingerprint density at radius 3 is 2.48 bits per heavy atom. The number of aromatic hydroxyl groups is 1. The lowest BCUT2D eigenvalue weighted by Gasteiger charge is -2.16. The molecule has 4 heteroatoms. The molecule has 2 aromatic rings. The van der Waals surface area contributed by atoms with Crippen molar-refractivity contribution in [1.82, 2.24) is 0 Å². The maximum Gasteiger partial charge on any atom is 0.164 e. The highest BCUT2D eigenvalue weighted by atomic mass is 19.1. The molecule has 0 aromatic heterocycles. The molecule has 1 aliphatic carbocycles. The predicted octanol–water partition coefficient (Wildman–Crippen LogP) is 5.86. The maximum atomic E-state index is 14.0. The van der Waals surface area contributed by atoms with E-state index in [9.17, 15) is 13.9 Å². The van der Waals surface area contributed by atoms with E-state index in [2.05, 4.69) is 0 Å². The summed E-state index contributed by atoms with van der Waals surface area (Å²) in [5.74, 6) is -1.24. The molecule has 0 fully saturated rings. The van der Waals surface area contributed by atoms with Crippen molar-refractivity contribution in [3.63, 3.8) is 0 Å². The number of allylic oxidation sites excluding steroid dienone is 2. The van der Waals surface area contributed by atoms with Crippen LogP contribution in [0.5, 0.6) is 5.75 Å². The normalized spacial score (nSPS) is 14.2. The van der Waals surface area contributed by atoms with Crippen LogP contribution in [0.25, 0.3) is 11.1 Å². The van der Waals surface area contributed by atoms with Gasteiger partial charge in [-0.2, -0.15) is 0 Å². The number of rotatable bonds is 7. The lowest BCUT2D eigenvalue weighted by Crippen LogP contribution is -1.96. The van der Waals surface area contributed by atoms with Gasteiger partial charge in [0.2, 0.25) is 0 Å². The van der Waals surface area contributed by atoms with Gasteiger partial charge in [-0.15, -0.1) is 0 Å². The molecule has 0 spiro atoms. The summed E-state index contributed by atoms with van der Waals surface area (Å²) in [6.07, 6.45) is 7.12. The Bertz CT molecular complexity index is 827. The van der Waals surface area contributed by atoms with Gasteiger partial charge in [-0.05, 0) is 90.6 Å². The van der Waals surface area contributed by atoms with E-state index < -0.39 is 5.82 Å². The molecule has 0 heterocycles. The third kappa shape index (κ3) is 4.75. The van der Waals surface area contributed by atoms with Gasteiger partial charge in [-0.25, -0.2) is 8.78 Å². The zero-order chi connectivity index (χ0) is 19.2. The van der Waals surface area contributed by atoms with Gasteiger partial charge in [0.05, 0.1) is 0 Å². The van der Waals surface area contributed by atoms with Crippen LogP contribution in [0.15, 0.2) is 36.4 Å². The Balaban J connectivity index is 2.01. The first-order chi connectivity index (χ1) is 13.1. The summed E-state index contributed by atoms with van der Waals surface area (Å²) in [6, 6.07) is 9.43. The van der Waals surface area contributed by atoms with Crippen LogP contribution in [0.4, 0.5) is 8.78 Å². The molecule has 2 nitrogen and oxygen atoms in total. The van der Waals surface area contributed by atoms with E-state index in [1.165, 1.54) is 18.2 Å². The number of benzene rings is 2. The largest absolute Gasteiger partial charge is 0.505 e. The van der Waals surface area contributed by atoms with Crippen molar-refractivity contribution < 1.29 is 19.0 Å². The molecule has 3 rings (SSSR count). The first kappa shape index (κ1) is 19.6. The SMILES string of the molecule is OCCCCCCC1=C(c2ccc(F)c(O)c2)CCCc2ccc(F)cc21. The number of aliphatic hydroxyl groups excluding tert-OH is 1. The van der Waals surface area contributed by atoms with E-state index in [4.69, 9.17) is 5.11 Å². The maximum absolute atomic E-state index is 14.0. The fraction of sp³-hybridized carbons (Fsp3) is 0.391. The summed E-state index contributed by atoms with van der Waals surface area (Å²) in [5, 5.41) is 18.8. The van der Waals surface area contributed by atoms with Crippen LogP contribution in [0.2, 0.25) is 0 Å². The lowest BCUT2D eigenvalue weighted by atomic mass is 9.89. The van der Waals surface area contributed by atoms with Crippen molar-refractivity contribution in [3.05, 3.63) is 64.7 Å². The van der Waals surface area contributed by atoms with Crippen LogP contribution in [0, 0.1) is 11.6 Å². The van der Waals surface area contributed by atoms with Gasteiger partial charge < -0.3 is 10.2 Å². The third-order valence-corrected chi connectivity index (χ3v) is 5.26. The quantitative estimate of drug-likeness (QED) is 0.598. The highest BCUT2D eigenvalue weighted by Crippen LogP contribution is 2.39. The summed E-state index contributed by atoms with van der Waals surface area (Å²) in [4.78, 5) is 0. The first-order valence-corrected chi connectivity index (χ1v) is 9.70. The van der Waals surface area contributed by atoms with Crippen LogP contribution in [-0.2, 0) is 6.42 Å². The molecule has 144 valence electrons. The van der Waals surface area contributed by atoms with Crippen molar-refractivity contribution >= 4 is 11.1 Å². The molecule has 0 aliphatic heterocycles. The van der Waals surface area contributed by atoms with Gasteiger partial charge in [0.25, 0.3) is 0 Å². The highest BCUT2D eigenvalue weighted by molar-refractivity contribution is 5.92. The second kappa shape index (κ2) is 9.14. The summed E-state index contributed by atoms with van der Waals surface area (Å²) in [5.41, 5.74) is 5.04. The lowest BCUT2D eigenvalue weighted by molar-refractivity contribution is 0.282. The number of phenolic OH excluding ortho intramolecular Hbond substituents is 1. The van der Waals surface area contributed by atoms with E-state index in [1.807, 2.05) is 6.07 Å². The van der Waals surface area contributed by atoms with Crippen molar-refractivity contribution in [2.75, 3.05) is 6.61 Å². The van der Waals surface area contributed by atoms with E-state index in [-0.39, 0.29) is 18.2 Å². The molecule has 0 amide bonds. The molecule has 0 unspecified atom stereocenters. The topological polar surface area (TPSA) is 40.5 Å². The van der Waals surface area contributed by atoms with Gasteiger partial charge >= 0.3 is 0 Å². The number of aryl methyl sites for hydroxylation is 1. The Labute approximate surface area is 159 Å². The van der Waals surface area contributed by atoms with Crippen LogP contribution in [-0.4, -0.2) is 16.8 Å². The monoisotopic (exact) mass is 372 g/mol. The minimum absolute atomic E-state index is 0.205. The summed E-state index contributed by atoms with van der Waals surface area (Å²) in [7, 11) is 0. The minimum atomic E-state index is -0.634. The highest BCUT2D eigenvalue weighted by Gasteiger charge is 2.19. The Morgan fingerprint density at radius 2 is 1.70 bits per heavy atom. The van der Waals surface area contributed by atoms with Crippen molar-refractivity contribution in [3.8, 4) is 5.75 Å². The molecule has 1 aliphatic rings. The number of fused-ring (bicyclic) bond motifs is 1. The van der Waals surface area contributed by atoms with Crippen molar-refractivity contribution in [2.24, 2.45) is 0 Å². The van der Waals surface area contributed by atoms with E-state index >= 15 is 0 Å². The predicted molar refractivity (Wildman–Crippen MR) is 104 cm³/mol. The van der Waals surface area contributed by atoms with Gasteiger partial charge in [-0.1, -0.05) is 25.0 Å². The molecular weight excluding hydrogens is 346 g/mol. The molecule has 0 saturated heterocycles. The van der Waals surface area contributed by atoms with E-state index in [1.54, 1.807) is 12.1 Å². The average molecular weight is 372 g/mol. The fourth-order valence-corrected chi connectivity index (χ4v) is 3.89. The van der Waals surface area contributed by atoms with Crippen LogP contribution in [0.1, 0.15) is 61.6 Å². The first-order valence-electron chi connectivity index (χ1n) is 9.70. The summed E-state index contributed by atoms with van der Waals surface area (Å²) < 4.78 is 27.5. The molecule has 0 saturated carbocycles. The Morgan fingerprint density at radius 1 is 0.889 bits per heavy atom. The van der Waals surface area contributed by atoms with Crippen LogP contribution in [0.3, 0.4) is 0 Å². The van der Waals surface area contributed by atoms with Crippen LogP contribution >= 0.6 is 0 Å². The van der Waals surface area contributed by atoms with Crippen molar-refractivity contribution in [1.29, 1.82) is 0 Å². The zero-order valence-corrected chi connectivity index (χ0v) is 15.5. The van der Waals surface area contributed by atoms with Gasteiger partial charge in [-0.3, -0.25) is 0 Å². The summed E-state index contributed by atoms with van der Waals surface area (Å²) in [6.45, 7) is 0.205. The smallest absolute Gasteiger partial charge is 0.164 e. The Kier molecular flexibility index (Phi) is 6.62. The molecule has 0 radical (unpaired) electrons. The number of phenols is 1. The Hall–Kier alpha value is -2.20. The molecular formula is C23H26F2O2. The van der Waals surface area contributed by atoms with E-state index in [0.29, 0.717) is 0 Å². The van der Waals surface area contributed by atoms with Gasteiger partial charge in [0.15, 0.2) is 11.6 Å². The second-order valence-corrected chi connectivity index (χ2v) is 7.17. The van der Waals surface area contributed by atoms with Gasteiger partial charge in [0.1, 0.15) is 5.82 Å².